The molecule has 0 spiro atoms. The summed E-state index contributed by atoms with van der Waals surface area (Å²) < 4.78 is 6.76. The van der Waals surface area contributed by atoms with Crippen molar-refractivity contribution in [3.05, 3.63) is 33.9 Å². The number of ether oxygens (including phenoxy) is 1. The fourth-order valence-electron chi connectivity index (χ4n) is 2.58. The highest BCUT2D eigenvalue weighted by Crippen LogP contribution is 2.38. The lowest BCUT2D eigenvalue weighted by molar-refractivity contribution is 0.0630. The Morgan fingerprint density at radius 2 is 2.00 bits per heavy atom. The second-order valence-electron chi connectivity index (χ2n) is 5.05. The van der Waals surface area contributed by atoms with Crippen LogP contribution < -0.4 is 0 Å². The van der Waals surface area contributed by atoms with Crippen LogP contribution in [0, 0.1) is 0 Å². The van der Waals surface area contributed by atoms with Gasteiger partial charge in [-0.15, -0.1) is 0 Å². The molecule has 1 aliphatic rings. The number of fused-ring (bicyclic) bond motifs is 3. The van der Waals surface area contributed by atoms with Crippen LogP contribution in [0.1, 0.15) is 39.0 Å². The minimum Gasteiger partial charge on any atom is -0.374 e. The molecule has 3 rings (SSSR count). The van der Waals surface area contributed by atoms with Gasteiger partial charge in [0.15, 0.2) is 0 Å². The monoisotopic (exact) mass is 309 g/mol. The highest BCUT2D eigenvalue weighted by atomic mass is 79.9. The average Bonchev–Trinajstić information content (AvgIpc) is 2.70. The van der Waals surface area contributed by atoms with Gasteiger partial charge in [0.1, 0.15) is 0 Å². The van der Waals surface area contributed by atoms with E-state index in [-0.39, 0.29) is 5.41 Å². The molecule has 1 aromatic heterocycles. The third kappa shape index (κ3) is 2.21. The van der Waals surface area contributed by atoms with Crippen molar-refractivity contribution in [2.24, 2.45) is 0 Å². The van der Waals surface area contributed by atoms with Crippen molar-refractivity contribution in [3.63, 3.8) is 0 Å². The predicted octanol–water partition coefficient (Wildman–Crippen LogP) is 4.76. The summed E-state index contributed by atoms with van der Waals surface area (Å²) in [5.74, 6) is 0. The average molecular weight is 310 g/mol. The highest BCUT2D eigenvalue weighted by Gasteiger charge is 2.31. The maximum absolute atomic E-state index is 5.63. The molecule has 18 heavy (non-hydrogen) atoms. The number of nitrogens with one attached hydrogen (secondary N) is 1. The van der Waals surface area contributed by atoms with Crippen LogP contribution in [0.3, 0.4) is 0 Å². The molecule has 0 radical (unpaired) electrons. The molecule has 0 aliphatic carbocycles. The number of hydrogen-bond donors (Lipinski definition) is 1. The van der Waals surface area contributed by atoms with Crippen LogP contribution in [0.5, 0.6) is 0 Å². The van der Waals surface area contributed by atoms with Gasteiger partial charge in [0.05, 0.1) is 13.2 Å². The van der Waals surface area contributed by atoms with Crippen molar-refractivity contribution in [2.45, 2.75) is 39.7 Å². The first kappa shape index (κ1) is 13.6. The number of benzene rings is 1. The molecular weight excluding hydrogens is 290 g/mol. The van der Waals surface area contributed by atoms with E-state index in [1.165, 1.54) is 22.2 Å². The number of aromatic amines is 1. The van der Waals surface area contributed by atoms with Crippen LogP contribution in [0.15, 0.2) is 22.7 Å². The van der Waals surface area contributed by atoms with E-state index in [0.29, 0.717) is 6.61 Å². The molecule has 98 valence electrons. The molecule has 3 heteroatoms. The fraction of sp³-hybridized carbons (Fsp3) is 0.467. The SMILES string of the molecule is CC.CC1(C)COCc2[nH]c3ccc(Br)cc3c21. The minimum absolute atomic E-state index is 0.0899. The van der Waals surface area contributed by atoms with E-state index in [4.69, 9.17) is 4.74 Å². The van der Waals surface area contributed by atoms with E-state index >= 15 is 0 Å². The van der Waals surface area contributed by atoms with Crippen LogP contribution in [0.2, 0.25) is 0 Å². The van der Waals surface area contributed by atoms with Crippen LogP contribution in [-0.2, 0) is 16.8 Å². The van der Waals surface area contributed by atoms with Crippen molar-refractivity contribution in [1.29, 1.82) is 0 Å². The van der Waals surface area contributed by atoms with Crippen LogP contribution in [0.4, 0.5) is 0 Å². The standard InChI is InChI=1S/C13H14BrNO.C2H6/c1-13(2)7-16-6-11-12(13)9-5-8(14)3-4-10(9)15-11;1-2/h3-5,15H,6-7H2,1-2H3;1-2H3. The van der Waals surface area contributed by atoms with Gasteiger partial charge in [-0.2, -0.15) is 0 Å². The summed E-state index contributed by atoms with van der Waals surface area (Å²) in [6.45, 7) is 9.96. The van der Waals surface area contributed by atoms with Gasteiger partial charge in [-0.1, -0.05) is 43.6 Å². The summed E-state index contributed by atoms with van der Waals surface area (Å²) in [6.07, 6.45) is 0. The molecule has 1 N–H and O–H groups in total. The Morgan fingerprint density at radius 3 is 2.72 bits per heavy atom. The Bertz CT molecular complexity index is 557. The van der Waals surface area contributed by atoms with E-state index in [2.05, 4.69) is 53.0 Å². The van der Waals surface area contributed by atoms with Gasteiger partial charge in [0.25, 0.3) is 0 Å². The van der Waals surface area contributed by atoms with E-state index in [1.54, 1.807) is 0 Å². The second kappa shape index (κ2) is 5.06. The zero-order valence-electron chi connectivity index (χ0n) is 11.4. The number of hydrogen-bond acceptors (Lipinski definition) is 1. The van der Waals surface area contributed by atoms with Crippen molar-refractivity contribution in [3.8, 4) is 0 Å². The van der Waals surface area contributed by atoms with Crippen LogP contribution in [0.25, 0.3) is 10.9 Å². The first-order valence-electron chi connectivity index (χ1n) is 6.46. The van der Waals surface area contributed by atoms with Gasteiger partial charge < -0.3 is 9.72 Å². The fourth-order valence-corrected chi connectivity index (χ4v) is 2.94. The number of aromatic nitrogens is 1. The van der Waals surface area contributed by atoms with E-state index in [1.807, 2.05) is 13.8 Å². The highest BCUT2D eigenvalue weighted by molar-refractivity contribution is 9.10. The van der Waals surface area contributed by atoms with Crippen LogP contribution >= 0.6 is 15.9 Å². The molecule has 1 aliphatic heterocycles. The lowest BCUT2D eigenvalue weighted by atomic mass is 9.82. The topological polar surface area (TPSA) is 25.0 Å². The third-order valence-electron chi connectivity index (χ3n) is 3.22. The number of halogens is 1. The molecule has 0 bridgehead atoms. The van der Waals surface area contributed by atoms with Gasteiger partial charge in [0, 0.05) is 26.5 Å². The normalized spacial score (nSPS) is 16.9. The second-order valence-corrected chi connectivity index (χ2v) is 5.96. The Morgan fingerprint density at radius 1 is 1.28 bits per heavy atom. The summed E-state index contributed by atoms with van der Waals surface area (Å²) in [6, 6.07) is 6.38. The quantitative estimate of drug-likeness (QED) is 0.745. The van der Waals surface area contributed by atoms with Gasteiger partial charge in [-0.3, -0.25) is 0 Å². The minimum atomic E-state index is 0.0899. The first-order valence-corrected chi connectivity index (χ1v) is 7.25. The van der Waals surface area contributed by atoms with Crippen molar-refractivity contribution >= 4 is 26.8 Å². The summed E-state index contributed by atoms with van der Waals surface area (Å²) >= 11 is 3.54. The maximum atomic E-state index is 5.63. The maximum Gasteiger partial charge on any atom is 0.0869 e. The summed E-state index contributed by atoms with van der Waals surface area (Å²) in [5.41, 5.74) is 3.93. The van der Waals surface area contributed by atoms with Crippen molar-refractivity contribution in [2.75, 3.05) is 6.61 Å². The van der Waals surface area contributed by atoms with E-state index in [0.717, 1.165) is 11.1 Å². The Balaban J connectivity index is 0.000000574. The van der Waals surface area contributed by atoms with E-state index in [9.17, 15) is 0 Å². The van der Waals surface area contributed by atoms with Crippen molar-refractivity contribution in [1.82, 2.24) is 4.98 Å². The molecule has 0 saturated heterocycles. The molecule has 0 atom stereocenters. The van der Waals surface area contributed by atoms with Crippen molar-refractivity contribution < 1.29 is 4.74 Å². The predicted molar refractivity (Wildman–Crippen MR) is 80.0 cm³/mol. The van der Waals surface area contributed by atoms with Gasteiger partial charge in [0.2, 0.25) is 0 Å². The summed E-state index contributed by atoms with van der Waals surface area (Å²) in [4.78, 5) is 3.45. The molecule has 1 aromatic carbocycles. The summed E-state index contributed by atoms with van der Waals surface area (Å²) in [5, 5.41) is 1.32. The van der Waals surface area contributed by atoms with Gasteiger partial charge >= 0.3 is 0 Å². The zero-order valence-corrected chi connectivity index (χ0v) is 13.0. The molecule has 0 amide bonds. The Kier molecular flexibility index (Phi) is 3.83. The van der Waals surface area contributed by atoms with Gasteiger partial charge in [-0.05, 0) is 23.8 Å². The lowest BCUT2D eigenvalue weighted by Crippen LogP contribution is -2.29. The van der Waals surface area contributed by atoms with Crippen LogP contribution in [-0.4, -0.2) is 11.6 Å². The van der Waals surface area contributed by atoms with Gasteiger partial charge in [-0.25, -0.2) is 0 Å². The smallest absolute Gasteiger partial charge is 0.0869 e. The Labute approximate surface area is 117 Å². The molecule has 2 aromatic rings. The molecule has 2 nitrogen and oxygen atoms in total. The zero-order chi connectivity index (χ0) is 13.3. The molecule has 0 saturated carbocycles. The largest absolute Gasteiger partial charge is 0.374 e. The molecule has 2 heterocycles. The summed E-state index contributed by atoms with van der Waals surface area (Å²) in [7, 11) is 0. The van der Waals surface area contributed by atoms with E-state index < -0.39 is 0 Å². The molecule has 0 fully saturated rings. The number of H-pyrrole nitrogens is 1. The third-order valence-corrected chi connectivity index (χ3v) is 3.72. The number of rotatable bonds is 0. The lowest BCUT2D eigenvalue weighted by Gasteiger charge is -2.30. The first-order chi connectivity index (χ1) is 8.58. The Hall–Kier alpha value is -0.800. The molecular formula is C15H20BrNO. The molecule has 0 unspecified atom stereocenters.